The molecule has 0 aromatic carbocycles. The summed E-state index contributed by atoms with van der Waals surface area (Å²) in [6, 6.07) is 1.97. The molecule has 0 spiro atoms. The Morgan fingerprint density at radius 3 is 2.40 bits per heavy atom. The minimum atomic E-state index is 0.324. The van der Waals surface area contributed by atoms with Gasteiger partial charge in [-0.25, -0.2) is 10.5 Å². The number of rotatable bonds is 5. The van der Waals surface area contributed by atoms with E-state index >= 15 is 0 Å². The first-order valence-electron chi connectivity index (χ1n) is 6.60. The molecule has 8 nitrogen and oxygen atoms in total. The number of nitrogens with one attached hydrogen (secondary N) is 1. The van der Waals surface area contributed by atoms with Gasteiger partial charge in [0.1, 0.15) is 0 Å². The number of nitrogens with two attached hydrogens (primary N) is 1. The molecule has 0 saturated carbocycles. The van der Waals surface area contributed by atoms with Crippen LogP contribution in [0, 0.1) is 13.8 Å². The van der Waals surface area contributed by atoms with Gasteiger partial charge < -0.3 is 4.90 Å². The van der Waals surface area contributed by atoms with Crippen molar-refractivity contribution in [2.75, 3.05) is 23.4 Å². The third-order valence-electron chi connectivity index (χ3n) is 2.99. The predicted octanol–water partition coefficient (Wildman–Crippen LogP) is 0.806. The summed E-state index contributed by atoms with van der Waals surface area (Å²) in [7, 11) is 0. The van der Waals surface area contributed by atoms with Gasteiger partial charge in [0, 0.05) is 18.8 Å². The minimum Gasteiger partial charge on any atom is -0.341 e. The van der Waals surface area contributed by atoms with Crippen LogP contribution in [0.3, 0.4) is 0 Å². The monoisotopic (exact) mass is 276 g/mol. The molecular weight excluding hydrogens is 256 g/mol. The van der Waals surface area contributed by atoms with Crippen LogP contribution in [0.25, 0.3) is 5.95 Å². The van der Waals surface area contributed by atoms with Gasteiger partial charge in [0.05, 0.1) is 5.69 Å². The van der Waals surface area contributed by atoms with Crippen molar-refractivity contribution in [1.82, 2.24) is 24.7 Å². The van der Waals surface area contributed by atoms with E-state index in [9.17, 15) is 0 Å². The van der Waals surface area contributed by atoms with Crippen LogP contribution in [0.5, 0.6) is 0 Å². The summed E-state index contributed by atoms with van der Waals surface area (Å²) in [6.45, 7) is 9.59. The van der Waals surface area contributed by atoms with E-state index in [2.05, 4.69) is 25.5 Å². The number of hydrazine groups is 1. The van der Waals surface area contributed by atoms with E-state index < -0.39 is 0 Å². The first-order valence-corrected chi connectivity index (χ1v) is 6.60. The van der Waals surface area contributed by atoms with Crippen molar-refractivity contribution < 1.29 is 0 Å². The second kappa shape index (κ2) is 5.83. The van der Waals surface area contributed by atoms with Gasteiger partial charge in [-0.2, -0.15) is 20.1 Å². The van der Waals surface area contributed by atoms with Gasteiger partial charge in [-0.15, -0.1) is 0 Å². The van der Waals surface area contributed by atoms with Gasteiger partial charge in [-0.05, 0) is 33.8 Å². The zero-order chi connectivity index (χ0) is 14.7. The Bertz CT molecular complexity index is 587. The van der Waals surface area contributed by atoms with Crippen molar-refractivity contribution >= 4 is 11.9 Å². The lowest BCUT2D eigenvalue weighted by atomic mass is 10.4. The summed E-state index contributed by atoms with van der Waals surface area (Å²) in [5.41, 5.74) is 4.35. The highest BCUT2D eigenvalue weighted by Crippen LogP contribution is 2.14. The topological polar surface area (TPSA) is 97.8 Å². The number of anilines is 2. The Hall–Kier alpha value is -2.22. The normalized spacial score (nSPS) is 10.7. The molecular formula is C12H20N8. The second-order valence-corrected chi connectivity index (χ2v) is 4.41. The molecule has 0 unspecified atom stereocenters. The lowest BCUT2D eigenvalue weighted by molar-refractivity contribution is 0.743. The van der Waals surface area contributed by atoms with Gasteiger partial charge in [-0.1, -0.05) is 0 Å². The van der Waals surface area contributed by atoms with Crippen LogP contribution in [0.15, 0.2) is 6.07 Å². The Balaban J connectivity index is 2.53. The summed E-state index contributed by atoms with van der Waals surface area (Å²) >= 11 is 0. The van der Waals surface area contributed by atoms with Crippen molar-refractivity contribution in [2.24, 2.45) is 5.84 Å². The molecule has 0 fully saturated rings. The molecule has 2 aromatic heterocycles. The fraction of sp³-hybridized carbons (Fsp3) is 0.500. The molecule has 2 rings (SSSR count). The molecule has 108 valence electrons. The third kappa shape index (κ3) is 2.69. The number of nitrogen functional groups attached to an aromatic ring is 1. The van der Waals surface area contributed by atoms with Gasteiger partial charge in [-0.3, -0.25) is 5.43 Å². The fourth-order valence-electron chi connectivity index (χ4n) is 1.99. The molecule has 20 heavy (non-hydrogen) atoms. The summed E-state index contributed by atoms with van der Waals surface area (Å²) in [4.78, 5) is 15.0. The average Bonchev–Trinajstić information content (AvgIpc) is 2.79. The summed E-state index contributed by atoms with van der Waals surface area (Å²) < 4.78 is 1.69. The van der Waals surface area contributed by atoms with Crippen molar-refractivity contribution in [1.29, 1.82) is 0 Å². The van der Waals surface area contributed by atoms with E-state index in [1.165, 1.54) is 0 Å². The molecule has 0 aliphatic rings. The molecule has 0 saturated heterocycles. The van der Waals surface area contributed by atoms with Crippen LogP contribution in [0.4, 0.5) is 11.9 Å². The molecule has 2 aromatic rings. The Kier molecular flexibility index (Phi) is 4.14. The maximum atomic E-state index is 5.44. The highest BCUT2D eigenvalue weighted by atomic mass is 15.4. The SMILES string of the molecule is CCN(CC)c1nc(NN)nc(-n2nc(C)cc2C)n1. The van der Waals surface area contributed by atoms with Crippen molar-refractivity contribution in [3.05, 3.63) is 17.5 Å². The zero-order valence-electron chi connectivity index (χ0n) is 12.3. The van der Waals surface area contributed by atoms with Gasteiger partial charge >= 0.3 is 0 Å². The molecule has 0 bridgehead atoms. The van der Waals surface area contributed by atoms with E-state index in [-0.39, 0.29) is 0 Å². The Morgan fingerprint density at radius 1 is 1.20 bits per heavy atom. The number of hydrogen-bond donors (Lipinski definition) is 2. The Morgan fingerprint density at radius 2 is 1.90 bits per heavy atom. The van der Waals surface area contributed by atoms with Gasteiger partial charge in [0.15, 0.2) is 0 Å². The lowest BCUT2D eigenvalue weighted by Crippen LogP contribution is -2.26. The minimum absolute atomic E-state index is 0.324. The largest absolute Gasteiger partial charge is 0.341 e. The first-order chi connectivity index (χ1) is 9.58. The second-order valence-electron chi connectivity index (χ2n) is 4.41. The van der Waals surface area contributed by atoms with E-state index in [0.717, 1.165) is 24.5 Å². The average molecular weight is 276 g/mol. The quantitative estimate of drug-likeness (QED) is 0.616. The molecule has 0 aliphatic heterocycles. The molecule has 2 heterocycles. The van der Waals surface area contributed by atoms with E-state index in [1.807, 2.05) is 38.7 Å². The molecule has 0 atom stereocenters. The number of hydrogen-bond acceptors (Lipinski definition) is 7. The van der Waals surface area contributed by atoms with Crippen molar-refractivity contribution in [3.63, 3.8) is 0 Å². The summed E-state index contributed by atoms with van der Waals surface area (Å²) in [5.74, 6) is 6.81. The predicted molar refractivity (Wildman–Crippen MR) is 77.8 cm³/mol. The molecule has 8 heteroatoms. The van der Waals surface area contributed by atoms with E-state index in [0.29, 0.717) is 17.8 Å². The number of nitrogens with zero attached hydrogens (tertiary/aromatic N) is 6. The van der Waals surface area contributed by atoms with Crippen molar-refractivity contribution in [3.8, 4) is 5.95 Å². The molecule has 0 amide bonds. The van der Waals surface area contributed by atoms with Crippen LogP contribution >= 0.6 is 0 Å². The zero-order valence-corrected chi connectivity index (χ0v) is 12.3. The van der Waals surface area contributed by atoms with Gasteiger partial charge in [0.25, 0.3) is 5.95 Å². The smallest absolute Gasteiger partial charge is 0.257 e. The number of aryl methyl sites for hydroxylation is 2. The van der Waals surface area contributed by atoms with Crippen LogP contribution in [-0.4, -0.2) is 37.8 Å². The molecule has 0 aliphatic carbocycles. The van der Waals surface area contributed by atoms with Crippen LogP contribution in [0.2, 0.25) is 0 Å². The van der Waals surface area contributed by atoms with Crippen LogP contribution < -0.4 is 16.2 Å². The van der Waals surface area contributed by atoms with Crippen molar-refractivity contribution in [2.45, 2.75) is 27.7 Å². The van der Waals surface area contributed by atoms with Gasteiger partial charge in [0.2, 0.25) is 11.9 Å². The molecule has 0 radical (unpaired) electrons. The summed E-state index contributed by atoms with van der Waals surface area (Å²) in [5, 5.41) is 4.38. The summed E-state index contributed by atoms with van der Waals surface area (Å²) in [6.07, 6.45) is 0. The maximum absolute atomic E-state index is 5.44. The standard InChI is InChI=1S/C12H20N8/c1-5-19(6-2)11-14-10(17-13)15-12(16-11)20-9(4)7-8(3)18-20/h7H,5-6,13H2,1-4H3,(H,14,15,16,17). The highest BCUT2D eigenvalue weighted by molar-refractivity contribution is 5.39. The first kappa shape index (κ1) is 14.2. The fourth-order valence-corrected chi connectivity index (χ4v) is 1.99. The lowest BCUT2D eigenvalue weighted by Gasteiger charge is -2.19. The maximum Gasteiger partial charge on any atom is 0.257 e. The Labute approximate surface area is 118 Å². The van der Waals surface area contributed by atoms with Crippen LogP contribution in [-0.2, 0) is 0 Å². The van der Waals surface area contributed by atoms with E-state index in [1.54, 1.807) is 4.68 Å². The molecule has 3 N–H and O–H groups in total. The van der Waals surface area contributed by atoms with Crippen LogP contribution in [0.1, 0.15) is 25.2 Å². The van der Waals surface area contributed by atoms with E-state index in [4.69, 9.17) is 5.84 Å². The third-order valence-corrected chi connectivity index (χ3v) is 2.99. The number of aromatic nitrogens is 5. The highest BCUT2D eigenvalue weighted by Gasteiger charge is 2.14.